The van der Waals surface area contributed by atoms with E-state index in [9.17, 15) is 0 Å². The highest BCUT2D eigenvalue weighted by molar-refractivity contribution is 6.02. The van der Waals surface area contributed by atoms with Gasteiger partial charge in [-0.25, -0.2) is 0 Å². The van der Waals surface area contributed by atoms with Gasteiger partial charge in [-0.05, 0) is 31.5 Å². The van der Waals surface area contributed by atoms with Crippen molar-refractivity contribution in [2.45, 2.75) is 44.9 Å². The van der Waals surface area contributed by atoms with Crippen LogP contribution in [0.3, 0.4) is 0 Å². The van der Waals surface area contributed by atoms with E-state index in [0.717, 1.165) is 74.9 Å². The molecule has 1 spiro atoms. The molecule has 0 bridgehead atoms. The standard InChI is InChI=1S/C21H30N2O5/c1-3-9-26-20-13-17(18-14-21(28-22-18)6-10-25-15-21)4-5-19(20)27-16(2)23-7-11-24-12-8-23/h4-5,13,16H,3,6-12,14-15H2,1-2H3. The molecule has 2 saturated heterocycles. The van der Waals surface area contributed by atoms with E-state index in [1.54, 1.807) is 0 Å². The highest BCUT2D eigenvalue weighted by Gasteiger charge is 2.43. The monoisotopic (exact) mass is 390 g/mol. The molecule has 0 saturated carbocycles. The molecule has 3 aliphatic rings. The highest BCUT2D eigenvalue weighted by Crippen LogP contribution is 2.36. The molecular formula is C21H30N2O5. The number of hydrogen-bond acceptors (Lipinski definition) is 7. The van der Waals surface area contributed by atoms with Crippen molar-refractivity contribution in [3.63, 3.8) is 0 Å². The molecular weight excluding hydrogens is 360 g/mol. The maximum atomic E-state index is 6.25. The second kappa shape index (κ2) is 8.68. The fourth-order valence-corrected chi connectivity index (χ4v) is 3.79. The van der Waals surface area contributed by atoms with Gasteiger partial charge in [0.05, 0.1) is 38.7 Å². The first-order valence-electron chi connectivity index (χ1n) is 10.3. The Labute approximate surface area is 166 Å². The molecule has 0 amide bonds. The Morgan fingerprint density at radius 2 is 2.04 bits per heavy atom. The molecule has 0 radical (unpaired) electrons. The third-order valence-corrected chi connectivity index (χ3v) is 5.50. The number of nitrogens with zero attached hydrogens (tertiary/aromatic N) is 2. The number of benzene rings is 1. The third kappa shape index (κ3) is 4.26. The lowest BCUT2D eigenvalue weighted by atomic mass is 9.93. The van der Waals surface area contributed by atoms with Crippen LogP contribution in [-0.2, 0) is 14.3 Å². The van der Waals surface area contributed by atoms with E-state index in [0.29, 0.717) is 13.2 Å². The lowest BCUT2D eigenvalue weighted by Gasteiger charge is -2.32. The van der Waals surface area contributed by atoms with Crippen molar-refractivity contribution in [3.8, 4) is 11.5 Å². The summed E-state index contributed by atoms with van der Waals surface area (Å²) in [4.78, 5) is 8.01. The summed E-state index contributed by atoms with van der Waals surface area (Å²) in [6.07, 6.45) is 2.56. The molecule has 7 heteroatoms. The van der Waals surface area contributed by atoms with Crippen molar-refractivity contribution in [2.75, 3.05) is 46.1 Å². The van der Waals surface area contributed by atoms with Crippen molar-refractivity contribution in [3.05, 3.63) is 23.8 Å². The Balaban J connectivity index is 1.49. The molecule has 2 unspecified atom stereocenters. The van der Waals surface area contributed by atoms with Gasteiger partial charge >= 0.3 is 0 Å². The van der Waals surface area contributed by atoms with Gasteiger partial charge in [0.15, 0.2) is 17.1 Å². The lowest BCUT2D eigenvalue weighted by Crippen LogP contribution is -2.44. The Morgan fingerprint density at radius 3 is 2.79 bits per heavy atom. The third-order valence-electron chi connectivity index (χ3n) is 5.50. The van der Waals surface area contributed by atoms with Crippen molar-refractivity contribution in [1.29, 1.82) is 0 Å². The minimum atomic E-state index is -0.278. The maximum absolute atomic E-state index is 6.25. The Kier molecular flexibility index (Phi) is 6.04. The van der Waals surface area contributed by atoms with Crippen LogP contribution in [0.4, 0.5) is 0 Å². The predicted octanol–water partition coefficient (Wildman–Crippen LogP) is 2.82. The second-order valence-corrected chi connectivity index (χ2v) is 7.67. The fourth-order valence-electron chi connectivity index (χ4n) is 3.79. The van der Waals surface area contributed by atoms with Gasteiger partial charge in [-0.2, -0.15) is 0 Å². The molecule has 2 fully saturated rings. The van der Waals surface area contributed by atoms with Crippen LogP contribution in [0, 0.1) is 0 Å². The summed E-state index contributed by atoms with van der Waals surface area (Å²) in [5.74, 6) is 1.51. The zero-order valence-electron chi connectivity index (χ0n) is 16.8. The number of morpholine rings is 1. The van der Waals surface area contributed by atoms with E-state index in [2.05, 4.69) is 23.9 Å². The van der Waals surface area contributed by atoms with Crippen LogP contribution in [0.5, 0.6) is 11.5 Å². The van der Waals surface area contributed by atoms with Crippen molar-refractivity contribution in [2.24, 2.45) is 5.16 Å². The van der Waals surface area contributed by atoms with E-state index in [-0.39, 0.29) is 11.8 Å². The van der Waals surface area contributed by atoms with Gasteiger partial charge in [0.25, 0.3) is 0 Å². The molecule has 2 atom stereocenters. The zero-order chi connectivity index (χ0) is 19.4. The van der Waals surface area contributed by atoms with Gasteiger partial charge in [-0.15, -0.1) is 0 Å². The molecule has 3 heterocycles. The number of oxime groups is 1. The molecule has 3 aliphatic heterocycles. The van der Waals surface area contributed by atoms with Gasteiger partial charge in [-0.1, -0.05) is 12.1 Å². The van der Waals surface area contributed by atoms with Gasteiger partial charge in [-0.3, -0.25) is 4.90 Å². The Morgan fingerprint density at radius 1 is 1.18 bits per heavy atom. The van der Waals surface area contributed by atoms with Gasteiger partial charge in [0.2, 0.25) is 0 Å². The first kappa shape index (κ1) is 19.5. The van der Waals surface area contributed by atoms with Gasteiger partial charge < -0.3 is 23.8 Å². The van der Waals surface area contributed by atoms with E-state index in [4.69, 9.17) is 23.8 Å². The number of ether oxygens (including phenoxy) is 4. The predicted molar refractivity (Wildman–Crippen MR) is 105 cm³/mol. The van der Waals surface area contributed by atoms with Gasteiger partial charge in [0.1, 0.15) is 6.23 Å². The normalized spacial score (nSPS) is 26.1. The van der Waals surface area contributed by atoms with Crippen LogP contribution < -0.4 is 9.47 Å². The van der Waals surface area contributed by atoms with Crippen LogP contribution in [-0.4, -0.2) is 68.6 Å². The molecule has 28 heavy (non-hydrogen) atoms. The second-order valence-electron chi connectivity index (χ2n) is 7.67. The summed E-state index contributed by atoms with van der Waals surface area (Å²) >= 11 is 0. The minimum absolute atomic E-state index is 0.0372. The molecule has 0 N–H and O–H groups in total. The van der Waals surface area contributed by atoms with Crippen LogP contribution in [0.15, 0.2) is 23.4 Å². The molecule has 4 rings (SSSR count). The van der Waals surface area contributed by atoms with Crippen LogP contribution >= 0.6 is 0 Å². The SMILES string of the molecule is CCCOc1cc(C2=NOC3(CCOC3)C2)ccc1OC(C)N1CCOCC1. The minimum Gasteiger partial charge on any atom is -0.490 e. The summed E-state index contributed by atoms with van der Waals surface area (Å²) in [7, 11) is 0. The summed E-state index contributed by atoms with van der Waals surface area (Å²) in [5.41, 5.74) is 1.68. The molecule has 154 valence electrons. The van der Waals surface area contributed by atoms with E-state index in [1.807, 2.05) is 18.2 Å². The summed E-state index contributed by atoms with van der Waals surface area (Å²) in [6.45, 7) is 9.41. The van der Waals surface area contributed by atoms with Crippen molar-refractivity contribution in [1.82, 2.24) is 4.90 Å². The van der Waals surface area contributed by atoms with E-state index < -0.39 is 0 Å². The zero-order valence-corrected chi connectivity index (χ0v) is 16.8. The van der Waals surface area contributed by atoms with Gasteiger partial charge in [0, 0.05) is 31.5 Å². The first-order valence-corrected chi connectivity index (χ1v) is 10.3. The quantitative estimate of drug-likeness (QED) is 0.714. The average Bonchev–Trinajstić information content (AvgIpc) is 3.37. The van der Waals surface area contributed by atoms with Crippen molar-refractivity contribution < 1.29 is 23.8 Å². The largest absolute Gasteiger partial charge is 0.490 e. The fraction of sp³-hybridized carbons (Fsp3) is 0.667. The van der Waals surface area contributed by atoms with Crippen molar-refractivity contribution >= 4 is 5.71 Å². The summed E-state index contributed by atoms with van der Waals surface area (Å²) < 4.78 is 23.2. The number of hydrogen-bond donors (Lipinski definition) is 0. The van der Waals surface area contributed by atoms with Crippen LogP contribution in [0.1, 0.15) is 38.7 Å². The average molecular weight is 390 g/mol. The molecule has 1 aromatic rings. The van der Waals surface area contributed by atoms with E-state index in [1.165, 1.54) is 0 Å². The van der Waals surface area contributed by atoms with Crippen LogP contribution in [0.25, 0.3) is 0 Å². The topological polar surface area (TPSA) is 61.8 Å². The summed E-state index contributed by atoms with van der Waals surface area (Å²) in [5, 5.41) is 4.34. The molecule has 1 aromatic carbocycles. The lowest BCUT2D eigenvalue weighted by molar-refractivity contribution is -0.0381. The maximum Gasteiger partial charge on any atom is 0.168 e. The van der Waals surface area contributed by atoms with Crippen LogP contribution in [0.2, 0.25) is 0 Å². The molecule has 0 aromatic heterocycles. The Hall–Kier alpha value is -1.83. The highest BCUT2D eigenvalue weighted by atomic mass is 16.7. The molecule has 0 aliphatic carbocycles. The molecule has 7 nitrogen and oxygen atoms in total. The Bertz CT molecular complexity index is 696. The summed E-state index contributed by atoms with van der Waals surface area (Å²) in [6, 6.07) is 6.04. The van der Waals surface area contributed by atoms with E-state index >= 15 is 0 Å². The number of rotatable bonds is 7. The smallest absolute Gasteiger partial charge is 0.168 e. The first-order chi connectivity index (χ1) is 13.7.